The molecule has 4 heteroatoms. The van der Waals surface area contributed by atoms with Crippen LogP contribution in [0.3, 0.4) is 0 Å². The highest BCUT2D eigenvalue weighted by Crippen LogP contribution is 2.09. The summed E-state index contributed by atoms with van der Waals surface area (Å²) < 4.78 is 0. The largest absolute Gasteiger partial charge is 0.329 e. The van der Waals surface area contributed by atoms with Crippen LogP contribution < -0.4 is 5.32 Å². The molecule has 2 amide bonds. The number of aryl methyl sites for hydroxylation is 1. The molecule has 0 aliphatic rings. The maximum absolute atomic E-state index is 12.1. The topological polar surface area (TPSA) is 49.4 Å². The Morgan fingerprint density at radius 3 is 2.23 bits per heavy atom. The number of rotatable bonds is 5. The molecule has 0 saturated heterocycles. The normalized spacial score (nSPS) is 10.1. The summed E-state index contributed by atoms with van der Waals surface area (Å²) in [5.41, 5.74) is 2.87. The molecule has 0 unspecified atom stereocenters. The SMILES string of the molecule is CC(=O)N(CC(=O)Nc1ccc(C)cc1)Cc1ccccc1. The molecule has 0 aliphatic carbocycles. The number of hydrogen-bond acceptors (Lipinski definition) is 2. The molecule has 2 rings (SSSR count). The van der Waals surface area contributed by atoms with E-state index in [0.717, 1.165) is 16.8 Å². The molecule has 0 heterocycles. The second-order valence-electron chi connectivity index (χ2n) is 5.27. The molecule has 0 atom stereocenters. The van der Waals surface area contributed by atoms with E-state index in [2.05, 4.69) is 5.32 Å². The van der Waals surface area contributed by atoms with Gasteiger partial charge in [0.15, 0.2) is 0 Å². The lowest BCUT2D eigenvalue weighted by Gasteiger charge is -2.20. The first-order valence-corrected chi connectivity index (χ1v) is 7.20. The van der Waals surface area contributed by atoms with Gasteiger partial charge in [-0.05, 0) is 24.6 Å². The average molecular weight is 296 g/mol. The third kappa shape index (κ3) is 4.74. The van der Waals surface area contributed by atoms with Crippen molar-refractivity contribution in [2.75, 3.05) is 11.9 Å². The van der Waals surface area contributed by atoms with E-state index in [-0.39, 0.29) is 18.4 Å². The quantitative estimate of drug-likeness (QED) is 0.922. The Balaban J connectivity index is 1.97. The predicted octanol–water partition coefficient (Wildman–Crippen LogP) is 2.98. The summed E-state index contributed by atoms with van der Waals surface area (Å²) in [7, 11) is 0. The van der Waals surface area contributed by atoms with E-state index in [1.807, 2.05) is 61.5 Å². The van der Waals surface area contributed by atoms with E-state index in [4.69, 9.17) is 0 Å². The summed E-state index contributed by atoms with van der Waals surface area (Å²) in [5, 5.41) is 2.81. The van der Waals surface area contributed by atoms with E-state index in [0.29, 0.717) is 6.54 Å². The van der Waals surface area contributed by atoms with Crippen LogP contribution in [0.2, 0.25) is 0 Å². The molecule has 0 bridgehead atoms. The number of nitrogens with one attached hydrogen (secondary N) is 1. The Bertz CT molecular complexity index is 636. The standard InChI is InChI=1S/C18H20N2O2/c1-14-8-10-17(11-9-14)19-18(22)13-20(15(2)21)12-16-6-4-3-5-7-16/h3-11H,12-13H2,1-2H3,(H,19,22). The minimum Gasteiger partial charge on any atom is -0.329 e. The summed E-state index contributed by atoms with van der Waals surface area (Å²) in [5.74, 6) is -0.321. The van der Waals surface area contributed by atoms with E-state index in [9.17, 15) is 9.59 Å². The number of nitrogens with zero attached hydrogens (tertiary/aromatic N) is 1. The van der Waals surface area contributed by atoms with Gasteiger partial charge in [0.05, 0.1) is 0 Å². The van der Waals surface area contributed by atoms with Crippen molar-refractivity contribution in [3.05, 3.63) is 65.7 Å². The van der Waals surface area contributed by atoms with Crippen molar-refractivity contribution in [1.82, 2.24) is 4.90 Å². The van der Waals surface area contributed by atoms with E-state index >= 15 is 0 Å². The van der Waals surface area contributed by atoms with Crippen LogP contribution >= 0.6 is 0 Å². The van der Waals surface area contributed by atoms with Gasteiger partial charge in [-0.1, -0.05) is 48.0 Å². The third-order valence-electron chi connectivity index (χ3n) is 3.33. The molecule has 1 N–H and O–H groups in total. The maximum atomic E-state index is 12.1. The van der Waals surface area contributed by atoms with Crippen LogP contribution in [-0.2, 0) is 16.1 Å². The summed E-state index contributed by atoms with van der Waals surface area (Å²) in [6, 6.07) is 17.2. The molecular formula is C18H20N2O2. The Hall–Kier alpha value is -2.62. The van der Waals surface area contributed by atoms with Gasteiger partial charge in [-0.3, -0.25) is 9.59 Å². The first-order valence-electron chi connectivity index (χ1n) is 7.20. The lowest BCUT2D eigenvalue weighted by atomic mass is 10.2. The van der Waals surface area contributed by atoms with Gasteiger partial charge in [0.25, 0.3) is 0 Å². The van der Waals surface area contributed by atoms with E-state index in [1.54, 1.807) is 0 Å². The number of benzene rings is 2. The van der Waals surface area contributed by atoms with Gasteiger partial charge < -0.3 is 10.2 Å². The van der Waals surface area contributed by atoms with Gasteiger partial charge in [0.1, 0.15) is 6.54 Å². The van der Waals surface area contributed by atoms with Crippen molar-refractivity contribution in [2.45, 2.75) is 20.4 Å². The van der Waals surface area contributed by atoms with Gasteiger partial charge in [0, 0.05) is 19.2 Å². The molecule has 0 aliphatic heterocycles. The number of amides is 2. The van der Waals surface area contributed by atoms with Crippen LogP contribution in [-0.4, -0.2) is 23.3 Å². The van der Waals surface area contributed by atoms with Gasteiger partial charge in [-0.15, -0.1) is 0 Å². The fourth-order valence-electron chi connectivity index (χ4n) is 2.09. The molecule has 22 heavy (non-hydrogen) atoms. The van der Waals surface area contributed by atoms with Crippen LogP contribution in [0, 0.1) is 6.92 Å². The number of hydrogen-bond donors (Lipinski definition) is 1. The second-order valence-corrected chi connectivity index (χ2v) is 5.27. The highest BCUT2D eigenvalue weighted by Gasteiger charge is 2.14. The molecule has 0 saturated carbocycles. The Kier molecular flexibility index (Phi) is 5.31. The lowest BCUT2D eigenvalue weighted by Crippen LogP contribution is -2.36. The molecule has 0 fully saturated rings. The zero-order valence-corrected chi connectivity index (χ0v) is 12.9. The van der Waals surface area contributed by atoms with Crippen molar-refractivity contribution < 1.29 is 9.59 Å². The summed E-state index contributed by atoms with van der Waals surface area (Å²) in [4.78, 5) is 25.4. The van der Waals surface area contributed by atoms with Crippen LogP contribution in [0.15, 0.2) is 54.6 Å². The fraction of sp³-hybridized carbons (Fsp3) is 0.222. The zero-order chi connectivity index (χ0) is 15.9. The Morgan fingerprint density at radius 2 is 1.64 bits per heavy atom. The van der Waals surface area contributed by atoms with E-state index in [1.165, 1.54) is 11.8 Å². The highest BCUT2D eigenvalue weighted by molar-refractivity contribution is 5.94. The average Bonchev–Trinajstić information content (AvgIpc) is 2.50. The molecular weight excluding hydrogens is 276 g/mol. The Morgan fingerprint density at radius 1 is 1.00 bits per heavy atom. The first kappa shape index (κ1) is 15.8. The third-order valence-corrected chi connectivity index (χ3v) is 3.33. The van der Waals surface area contributed by atoms with Gasteiger partial charge >= 0.3 is 0 Å². The van der Waals surface area contributed by atoms with Crippen molar-refractivity contribution in [2.24, 2.45) is 0 Å². The molecule has 0 aromatic heterocycles. The van der Waals surface area contributed by atoms with Gasteiger partial charge in [-0.25, -0.2) is 0 Å². The minimum absolute atomic E-state index is 0.0398. The molecule has 2 aromatic rings. The van der Waals surface area contributed by atoms with Crippen molar-refractivity contribution in [3.8, 4) is 0 Å². The molecule has 0 spiro atoms. The summed E-state index contributed by atoms with van der Waals surface area (Å²) >= 11 is 0. The van der Waals surface area contributed by atoms with Crippen LogP contribution in [0.4, 0.5) is 5.69 Å². The van der Waals surface area contributed by atoms with Crippen LogP contribution in [0.5, 0.6) is 0 Å². The van der Waals surface area contributed by atoms with Crippen molar-refractivity contribution in [3.63, 3.8) is 0 Å². The summed E-state index contributed by atoms with van der Waals surface area (Å²) in [6.07, 6.45) is 0. The molecule has 114 valence electrons. The van der Waals surface area contributed by atoms with E-state index < -0.39 is 0 Å². The van der Waals surface area contributed by atoms with Crippen molar-refractivity contribution >= 4 is 17.5 Å². The predicted molar refractivity (Wildman–Crippen MR) is 87.3 cm³/mol. The van der Waals surface area contributed by atoms with Crippen LogP contribution in [0.25, 0.3) is 0 Å². The number of anilines is 1. The Labute approximate surface area is 130 Å². The smallest absolute Gasteiger partial charge is 0.244 e. The number of carbonyl (C=O) groups excluding carboxylic acids is 2. The summed E-state index contributed by atoms with van der Waals surface area (Å²) in [6.45, 7) is 3.93. The minimum atomic E-state index is -0.199. The monoisotopic (exact) mass is 296 g/mol. The van der Waals surface area contributed by atoms with Crippen molar-refractivity contribution in [1.29, 1.82) is 0 Å². The fourth-order valence-corrected chi connectivity index (χ4v) is 2.09. The first-order chi connectivity index (χ1) is 10.5. The van der Waals surface area contributed by atoms with Gasteiger partial charge in [-0.2, -0.15) is 0 Å². The lowest BCUT2D eigenvalue weighted by molar-refractivity contribution is -0.133. The molecule has 2 aromatic carbocycles. The second kappa shape index (κ2) is 7.41. The van der Waals surface area contributed by atoms with Crippen LogP contribution in [0.1, 0.15) is 18.1 Å². The zero-order valence-electron chi connectivity index (χ0n) is 12.9. The van der Waals surface area contributed by atoms with Gasteiger partial charge in [0.2, 0.25) is 11.8 Å². The maximum Gasteiger partial charge on any atom is 0.244 e. The molecule has 0 radical (unpaired) electrons. The molecule has 4 nitrogen and oxygen atoms in total. The number of carbonyl (C=O) groups is 2. The highest BCUT2D eigenvalue weighted by atomic mass is 16.2.